The molecule has 0 radical (unpaired) electrons. The summed E-state index contributed by atoms with van der Waals surface area (Å²) in [6.45, 7) is 10.1. The quantitative estimate of drug-likeness (QED) is 0.226. The largest absolute Gasteiger partial charge is 0.493 e. The highest BCUT2D eigenvalue weighted by Crippen LogP contribution is 2.36. The monoisotopic (exact) mass is 596 g/mol. The van der Waals surface area contributed by atoms with Gasteiger partial charge in [-0.3, -0.25) is 9.36 Å². The third-order valence-electron chi connectivity index (χ3n) is 7.14. The second-order valence-corrected chi connectivity index (χ2v) is 11.8. The predicted octanol–water partition coefficient (Wildman–Crippen LogP) is 5.85. The molecule has 5 rings (SSSR count). The minimum absolute atomic E-state index is 0.00884. The van der Waals surface area contributed by atoms with E-state index in [4.69, 9.17) is 19.2 Å². The van der Waals surface area contributed by atoms with Gasteiger partial charge in [-0.1, -0.05) is 85.8 Å². The molecule has 1 aliphatic rings. The second-order valence-electron chi connectivity index (χ2n) is 10.8. The maximum absolute atomic E-state index is 14.2. The first-order valence-corrected chi connectivity index (χ1v) is 15.3. The standard InChI is InChI=1S/C35H36N2O5S/c1-7-41-34(39)30-31(25-11-9-8-10-12-25)36-35-37(32(30)26-16-14-24(15-17-26)21(2)3)33(38)29(43-35)20-23-13-18-27(42-22(4)5)28(19-23)40-6/h8-22,32H,7H2,1-6H3/b29-20-/t32-/m0/s1. The van der Waals surface area contributed by atoms with Gasteiger partial charge in [-0.05, 0) is 61.6 Å². The molecule has 1 atom stereocenters. The van der Waals surface area contributed by atoms with E-state index in [2.05, 4.69) is 13.8 Å². The lowest BCUT2D eigenvalue weighted by Crippen LogP contribution is -2.40. The molecule has 0 saturated heterocycles. The molecule has 1 aliphatic heterocycles. The Kier molecular flexibility index (Phi) is 8.97. The van der Waals surface area contributed by atoms with Crippen LogP contribution in [0.5, 0.6) is 11.5 Å². The molecule has 1 aromatic heterocycles. The molecule has 3 aromatic carbocycles. The Hall–Kier alpha value is -4.43. The summed E-state index contributed by atoms with van der Waals surface area (Å²) < 4.78 is 19.1. The summed E-state index contributed by atoms with van der Waals surface area (Å²) in [5, 5.41) is 0. The van der Waals surface area contributed by atoms with Crippen LogP contribution in [-0.4, -0.2) is 30.4 Å². The number of carbonyl (C=O) groups is 1. The molecule has 0 saturated carbocycles. The second kappa shape index (κ2) is 12.8. The van der Waals surface area contributed by atoms with Crippen LogP contribution in [0.2, 0.25) is 0 Å². The van der Waals surface area contributed by atoms with E-state index in [9.17, 15) is 9.59 Å². The first kappa shape index (κ1) is 30.0. The fourth-order valence-electron chi connectivity index (χ4n) is 5.10. The summed E-state index contributed by atoms with van der Waals surface area (Å²) in [5.41, 5.74) is 4.13. The molecule has 2 heterocycles. The first-order chi connectivity index (χ1) is 20.7. The molecule has 222 valence electrons. The number of esters is 1. The first-order valence-electron chi connectivity index (χ1n) is 14.4. The zero-order chi connectivity index (χ0) is 30.7. The number of rotatable bonds is 9. The van der Waals surface area contributed by atoms with Crippen LogP contribution in [0.25, 0.3) is 11.8 Å². The number of aromatic nitrogens is 1. The fourth-order valence-corrected chi connectivity index (χ4v) is 6.10. The molecule has 7 nitrogen and oxygen atoms in total. The van der Waals surface area contributed by atoms with Gasteiger partial charge in [-0.25, -0.2) is 9.79 Å². The van der Waals surface area contributed by atoms with E-state index in [1.807, 2.05) is 92.7 Å². The summed E-state index contributed by atoms with van der Waals surface area (Å²) in [4.78, 5) is 33.2. The van der Waals surface area contributed by atoms with Crippen LogP contribution in [0.1, 0.15) is 68.8 Å². The molecule has 0 N–H and O–H groups in total. The molecule has 0 spiro atoms. The zero-order valence-electron chi connectivity index (χ0n) is 25.3. The van der Waals surface area contributed by atoms with Gasteiger partial charge in [-0.15, -0.1) is 0 Å². The molecule has 0 unspecified atom stereocenters. The fraction of sp³-hybridized carbons (Fsp3) is 0.286. The molecule has 0 bridgehead atoms. The smallest absolute Gasteiger partial charge is 0.338 e. The minimum atomic E-state index is -0.717. The van der Waals surface area contributed by atoms with E-state index in [0.29, 0.717) is 38.0 Å². The Morgan fingerprint density at radius 2 is 1.72 bits per heavy atom. The van der Waals surface area contributed by atoms with Crippen molar-refractivity contribution in [3.8, 4) is 11.5 Å². The van der Waals surface area contributed by atoms with E-state index < -0.39 is 12.0 Å². The van der Waals surface area contributed by atoms with Crippen molar-refractivity contribution in [3.05, 3.63) is 120 Å². The minimum Gasteiger partial charge on any atom is -0.493 e. The number of thiazole rings is 1. The molecule has 4 aromatic rings. The van der Waals surface area contributed by atoms with Crippen LogP contribution < -0.4 is 24.4 Å². The van der Waals surface area contributed by atoms with Crippen molar-refractivity contribution in [2.45, 2.75) is 52.7 Å². The Bertz CT molecular complexity index is 1830. The van der Waals surface area contributed by atoms with Crippen LogP contribution in [0, 0.1) is 0 Å². The van der Waals surface area contributed by atoms with E-state index in [1.54, 1.807) is 18.6 Å². The van der Waals surface area contributed by atoms with Crippen molar-refractivity contribution in [1.29, 1.82) is 0 Å². The Morgan fingerprint density at radius 3 is 2.35 bits per heavy atom. The van der Waals surface area contributed by atoms with Crippen molar-refractivity contribution in [2.24, 2.45) is 4.99 Å². The van der Waals surface area contributed by atoms with Crippen LogP contribution in [0.15, 0.2) is 88.2 Å². The van der Waals surface area contributed by atoms with Gasteiger partial charge >= 0.3 is 5.97 Å². The average Bonchev–Trinajstić information content (AvgIpc) is 3.31. The summed E-state index contributed by atoms with van der Waals surface area (Å²) in [6.07, 6.45) is 1.81. The third kappa shape index (κ3) is 6.20. The summed E-state index contributed by atoms with van der Waals surface area (Å²) in [6, 6.07) is 22.5. The Balaban J connectivity index is 1.75. The molecular formula is C35H36N2O5S. The highest BCUT2D eigenvalue weighted by Gasteiger charge is 2.35. The van der Waals surface area contributed by atoms with Crippen LogP contribution >= 0.6 is 11.3 Å². The molecule has 43 heavy (non-hydrogen) atoms. The van der Waals surface area contributed by atoms with Crippen LogP contribution in [0.3, 0.4) is 0 Å². The number of methoxy groups -OCH3 is 1. The van der Waals surface area contributed by atoms with Gasteiger partial charge < -0.3 is 14.2 Å². The highest BCUT2D eigenvalue weighted by molar-refractivity contribution is 7.07. The lowest BCUT2D eigenvalue weighted by molar-refractivity contribution is -0.138. The lowest BCUT2D eigenvalue weighted by atomic mass is 9.91. The highest BCUT2D eigenvalue weighted by atomic mass is 32.1. The van der Waals surface area contributed by atoms with Crippen molar-refractivity contribution in [3.63, 3.8) is 0 Å². The van der Waals surface area contributed by atoms with Gasteiger partial charge in [0.2, 0.25) is 0 Å². The summed E-state index contributed by atoms with van der Waals surface area (Å²) >= 11 is 1.29. The Morgan fingerprint density at radius 1 is 1.00 bits per heavy atom. The molecule has 8 heteroatoms. The van der Waals surface area contributed by atoms with Gasteiger partial charge in [0.15, 0.2) is 16.3 Å². The maximum Gasteiger partial charge on any atom is 0.338 e. The molecule has 0 fully saturated rings. The lowest BCUT2D eigenvalue weighted by Gasteiger charge is -2.26. The topological polar surface area (TPSA) is 79.1 Å². The zero-order valence-corrected chi connectivity index (χ0v) is 26.1. The summed E-state index contributed by atoms with van der Waals surface area (Å²) in [7, 11) is 1.59. The third-order valence-corrected chi connectivity index (χ3v) is 8.12. The van der Waals surface area contributed by atoms with Gasteiger partial charge in [0.05, 0.1) is 41.7 Å². The van der Waals surface area contributed by atoms with Gasteiger partial charge in [0.25, 0.3) is 5.56 Å². The van der Waals surface area contributed by atoms with Crippen LogP contribution in [-0.2, 0) is 9.53 Å². The number of hydrogen-bond donors (Lipinski definition) is 0. The summed E-state index contributed by atoms with van der Waals surface area (Å²) in [5.74, 6) is 1.05. The maximum atomic E-state index is 14.2. The van der Waals surface area contributed by atoms with Crippen molar-refractivity contribution < 1.29 is 19.0 Å². The van der Waals surface area contributed by atoms with Crippen molar-refractivity contribution >= 4 is 29.1 Å². The molecule has 0 amide bonds. The predicted molar refractivity (Wildman–Crippen MR) is 170 cm³/mol. The normalized spacial score (nSPS) is 15.0. The number of carbonyl (C=O) groups excluding carboxylic acids is 1. The van der Waals surface area contributed by atoms with Crippen LogP contribution in [0.4, 0.5) is 0 Å². The number of nitrogens with zero attached hydrogens (tertiary/aromatic N) is 2. The molecular weight excluding hydrogens is 560 g/mol. The number of ether oxygens (including phenoxy) is 3. The number of benzene rings is 3. The van der Waals surface area contributed by atoms with E-state index in [-0.39, 0.29) is 18.3 Å². The van der Waals surface area contributed by atoms with E-state index in [1.165, 1.54) is 16.9 Å². The SMILES string of the molecule is CCOC(=O)C1=C(c2ccccc2)N=c2s/c(=C\c3ccc(OC(C)C)c(OC)c3)c(=O)n2[C@H]1c1ccc(C(C)C)cc1. The average molecular weight is 597 g/mol. The molecule has 0 aliphatic carbocycles. The van der Waals surface area contributed by atoms with Gasteiger partial charge in [0.1, 0.15) is 0 Å². The Labute approximate surface area is 255 Å². The van der Waals surface area contributed by atoms with Crippen molar-refractivity contribution in [1.82, 2.24) is 4.57 Å². The van der Waals surface area contributed by atoms with E-state index in [0.717, 1.165) is 16.7 Å². The van der Waals surface area contributed by atoms with Crippen molar-refractivity contribution in [2.75, 3.05) is 13.7 Å². The van der Waals surface area contributed by atoms with E-state index >= 15 is 0 Å². The number of hydrogen-bond acceptors (Lipinski definition) is 7. The van der Waals surface area contributed by atoms with Gasteiger partial charge in [-0.2, -0.15) is 0 Å². The van der Waals surface area contributed by atoms with Gasteiger partial charge in [0, 0.05) is 5.56 Å². The number of fused-ring (bicyclic) bond motifs is 1.